The van der Waals surface area contributed by atoms with E-state index in [-0.39, 0.29) is 31.3 Å². The average Bonchev–Trinajstić information content (AvgIpc) is 3.46. The van der Waals surface area contributed by atoms with Crippen LogP contribution in [0.15, 0.2) is 60.8 Å². The van der Waals surface area contributed by atoms with Gasteiger partial charge in [-0.2, -0.15) is 0 Å². The predicted molar refractivity (Wildman–Crippen MR) is 185 cm³/mol. The molecule has 3 amide bonds. The number of carbonyl (C=O) groups is 4. The number of rotatable bonds is 16. The number of hydrogen-bond donors (Lipinski definition) is 5. The highest BCUT2D eigenvalue weighted by molar-refractivity contribution is 5.92. The van der Waals surface area contributed by atoms with Gasteiger partial charge in [-0.05, 0) is 56.2 Å². The molecule has 0 aliphatic carbocycles. The standard InChI is InChI=1S/C37H52N4O7/c1-8-23(3)32(40-35(45)33(24(4)9-2)41-36(46)48-37(5,6)7)34(44)39-29(19-26-21-38-28-18-14-13-17-27(26)28)30(42)20-31(43)47-22-25-15-11-10-12-16-25/h10-18,21,23-24,29-30,32-33,38,42H,8-9,19-20,22H2,1-7H3,(H,39,44)(H,40,45)(H,41,46)/t23?,24?,29-,30?,32-,33-/m0/s1. The minimum Gasteiger partial charge on any atom is -0.461 e. The number of amides is 3. The lowest BCUT2D eigenvalue weighted by atomic mass is 9.93. The molecule has 11 nitrogen and oxygen atoms in total. The number of aromatic nitrogens is 1. The van der Waals surface area contributed by atoms with Gasteiger partial charge in [-0.25, -0.2) is 4.79 Å². The van der Waals surface area contributed by atoms with Gasteiger partial charge in [0.1, 0.15) is 24.3 Å². The van der Waals surface area contributed by atoms with Gasteiger partial charge in [-0.15, -0.1) is 0 Å². The molecule has 3 aromatic rings. The molecule has 48 heavy (non-hydrogen) atoms. The lowest BCUT2D eigenvalue weighted by Crippen LogP contribution is -2.59. The van der Waals surface area contributed by atoms with Crippen LogP contribution < -0.4 is 16.0 Å². The first-order valence-corrected chi connectivity index (χ1v) is 16.7. The maximum atomic E-state index is 14.0. The second-order valence-corrected chi connectivity index (χ2v) is 13.5. The van der Waals surface area contributed by atoms with E-state index in [0.29, 0.717) is 12.8 Å². The Morgan fingerprint density at radius 2 is 1.42 bits per heavy atom. The Balaban J connectivity index is 1.82. The summed E-state index contributed by atoms with van der Waals surface area (Å²) in [5, 5.41) is 20.8. The number of hydrogen-bond acceptors (Lipinski definition) is 7. The van der Waals surface area contributed by atoms with Crippen molar-refractivity contribution in [3.8, 4) is 0 Å². The lowest BCUT2D eigenvalue weighted by molar-refractivity contribution is -0.148. The van der Waals surface area contributed by atoms with E-state index in [9.17, 15) is 24.3 Å². The Morgan fingerprint density at radius 3 is 2.04 bits per heavy atom. The molecule has 0 spiro atoms. The molecule has 0 aliphatic heterocycles. The first kappa shape index (κ1) is 38.1. The molecular weight excluding hydrogens is 612 g/mol. The van der Waals surface area contributed by atoms with Crippen molar-refractivity contribution >= 4 is 34.8 Å². The molecule has 0 fully saturated rings. The molecule has 0 radical (unpaired) electrons. The van der Waals surface area contributed by atoms with Crippen molar-refractivity contribution in [3.05, 3.63) is 71.9 Å². The molecule has 11 heteroatoms. The van der Waals surface area contributed by atoms with Crippen LogP contribution in [0.25, 0.3) is 10.9 Å². The van der Waals surface area contributed by atoms with E-state index in [1.165, 1.54) is 0 Å². The first-order chi connectivity index (χ1) is 22.7. The molecule has 2 aromatic carbocycles. The zero-order valence-corrected chi connectivity index (χ0v) is 29.2. The number of aliphatic hydroxyl groups excluding tert-OH is 1. The number of aromatic amines is 1. The van der Waals surface area contributed by atoms with Crippen molar-refractivity contribution in [2.24, 2.45) is 11.8 Å². The number of esters is 1. The highest BCUT2D eigenvalue weighted by Crippen LogP contribution is 2.21. The van der Waals surface area contributed by atoms with Gasteiger partial charge in [0.15, 0.2) is 0 Å². The molecule has 6 atom stereocenters. The number of aliphatic hydroxyl groups is 1. The maximum absolute atomic E-state index is 14.0. The summed E-state index contributed by atoms with van der Waals surface area (Å²) >= 11 is 0. The van der Waals surface area contributed by atoms with Crippen molar-refractivity contribution in [2.75, 3.05) is 0 Å². The number of fused-ring (bicyclic) bond motifs is 1. The summed E-state index contributed by atoms with van der Waals surface area (Å²) in [6.07, 6.45) is 0.808. The number of carbonyl (C=O) groups excluding carboxylic acids is 4. The van der Waals surface area contributed by atoms with Gasteiger partial charge in [0, 0.05) is 17.1 Å². The minimum atomic E-state index is -1.29. The van der Waals surface area contributed by atoms with Crippen molar-refractivity contribution in [1.29, 1.82) is 0 Å². The Morgan fingerprint density at radius 1 is 0.833 bits per heavy atom. The van der Waals surface area contributed by atoms with Crippen molar-refractivity contribution in [2.45, 2.75) is 111 Å². The van der Waals surface area contributed by atoms with Gasteiger partial charge in [-0.3, -0.25) is 14.4 Å². The molecule has 262 valence electrons. The zero-order valence-electron chi connectivity index (χ0n) is 29.2. The normalized spacial score (nSPS) is 15.3. The Labute approximate surface area is 283 Å². The molecule has 5 N–H and O–H groups in total. The number of H-pyrrole nitrogens is 1. The van der Waals surface area contributed by atoms with E-state index < -0.39 is 53.7 Å². The SMILES string of the molecule is CCC(C)[C@H](NC(=O)OC(C)(C)C)C(=O)N[C@H](C(=O)N[C@@H](Cc1c[nH]c2ccccc12)C(O)CC(=O)OCc1ccccc1)C(C)CC. The summed E-state index contributed by atoms with van der Waals surface area (Å²) in [5.74, 6) is -2.19. The van der Waals surface area contributed by atoms with Crippen LogP contribution in [0.2, 0.25) is 0 Å². The number of alkyl carbamates (subject to hydrolysis) is 1. The van der Waals surface area contributed by atoms with E-state index >= 15 is 0 Å². The largest absolute Gasteiger partial charge is 0.461 e. The Hall–Kier alpha value is -4.38. The predicted octanol–water partition coefficient (Wildman–Crippen LogP) is 5.16. The molecule has 1 aromatic heterocycles. The molecule has 0 aliphatic rings. The fraction of sp³-hybridized carbons (Fsp3) is 0.514. The smallest absolute Gasteiger partial charge is 0.408 e. The highest BCUT2D eigenvalue weighted by atomic mass is 16.6. The number of ether oxygens (including phenoxy) is 2. The monoisotopic (exact) mass is 664 g/mol. The van der Waals surface area contributed by atoms with Gasteiger partial charge in [-0.1, -0.05) is 89.1 Å². The third kappa shape index (κ3) is 11.4. The second kappa shape index (κ2) is 17.7. The van der Waals surface area contributed by atoms with Gasteiger partial charge in [0.2, 0.25) is 11.8 Å². The van der Waals surface area contributed by atoms with Crippen molar-refractivity contribution in [3.63, 3.8) is 0 Å². The van der Waals surface area contributed by atoms with Crippen molar-refractivity contribution < 1.29 is 33.8 Å². The molecule has 1 heterocycles. The number of para-hydroxylation sites is 1. The first-order valence-electron chi connectivity index (χ1n) is 16.7. The third-order valence-electron chi connectivity index (χ3n) is 8.49. The summed E-state index contributed by atoms with van der Waals surface area (Å²) in [6.45, 7) is 12.8. The summed E-state index contributed by atoms with van der Waals surface area (Å²) in [7, 11) is 0. The van der Waals surface area contributed by atoms with E-state index in [4.69, 9.17) is 9.47 Å². The molecule has 0 saturated carbocycles. The van der Waals surface area contributed by atoms with E-state index in [2.05, 4.69) is 20.9 Å². The van der Waals surface area contributed by atoms with E-state index in [1.54, 1.807) is 20.8 Å². The van der Waals surface area contributed by atoms with Crippen LogP contribution in [-0.2, 0) is 36.9 Å². The van der Waals surface area contributed by atoms with Crippen LogP contribution >= 0.6 is 0 Å². The van der Waals surface area contributed by atoms with Gasteiger partial charge in [0.05, 0.1) is 18.6 Å². The fourth-order valence-electron chi connectivity index (χ4n) is 5.28. The Bertz CT molecular complexity index is 1500. The van der Waals surface area contributed by atoms with Crippen LogP contribution in [0.4, 0.5) is 4.79 Å². The van der Waals surface area contributed by atoms with Gasteiger partial charge in [0.25, 0.3) is 0 Å². The van der Waals surface area contributed by atoms with Gasteiger partial charge >= 0.3 is 12.1 Å². The molecule has 3 rings (SSSR count). The topological polar surface area (TPSA) is 159 Å². The van der Waals surface area contributed by atoms with E-state index in [0.717, 1.165) is 22.0 Å². The molecule has 3 unspecified atom stereocenters. The molecule has 0 bridgehead atoms. The summed E-state index contributed by atoms with van der Waals surface area (Å²) in [4.78, 5) is 56.3. The van der Waals surface area contributed by atoms with Crippen LogP contribution in [0.5, 0.6) is 0 Å². The maximum Gasteiger partial charge on any atom is 0.408 e. The van der Waals surface area contributed by atoms with Crippen LogP contribution in [0.1, 0.15) is 78.9 Å². The fourth-order valence-corrected chi connectivity index (χ4v) is 5.28. The lowest BCUT2D eigenvalue weighted by Gasteiger charge is -2.31. The summed E-state index contributed by atoms with van der Waals surface area (Å²) in [5.41, 5.74) is 1.80. The van der Waals surface area contributed by atoms with Crippen LogP contribution in [0.3, 0.4) is 0 Å². The molecule has 0 saturated heterocycles. The third-order valence-corrected chi connectivity index (χ3v) is 8.49. The second-order valence-electron chi connectivity index (χ2n) is 13.5. The van der Waals surface area contributed by atoms with Crippen LogP contribution in [0, 0.1) is 11.8 Å². The molecular formula is C37H52N4O7. The number of benzene rings is 2. The highest BCUT2D eigenvalue weighted by Gasteiger charge is 2.35. The van der Waals surface area contributed by atoms with Gasteiger partial charge < -0.3 is 35.5 Å². The average molecular weight is 665 g/mol. The van der Waals surface area contributed by atoms with E-state index in [1.807, 2.05) is 88.5 Å². The minimum absolute atomic E-state index is 0.0582. The van der Waals surface area contributed by atoms with Crippen LogP contribution in [-0.4, -0.2) is 63.8 Å². The Kier molecular flexibility index (Phi) is 14.0. The number of nitrogens with one attached hydrogen (secondary N) is 4. The van der Waals surface area contributed by atoms with Crippen molar-refractivity contribution in [1.82, 2.24) is 20.9 Å². The summed E-state index contributed by atoms with van der Waals surface area (Å²) in [6, 6.07) is 14.1. The quantitative estimate of drug-likeness (QED) is 0.132. The summed E-state index contributed by atoms with van der Waals surface area (Å²) < 4.78 is 10.8. The zero-order chi connectivity index (χ0) is 35.4.